The highest BCUT2D eigenvalue weighted by atomic mass is 16.2. The van der Waals surface area contributed by atoms with Crippen LogP contribution < -0.4 is 21.7 Å². The van der Waals surface area contributed by atoms with Crippen LogP contribution in [0.25, 0.3) is 0 Å². The molecule has 0 unspecified atom stereocenters. The SMILES string of the molecule is CC(=O)Nc1cc(NC(=O)CNC(=O)CN)ccc1C. The Morgan fingerprint density at radius 1 is 1.15 bits per heavy atom. The Balaban J connectivity index is 2.65. The van der Waals surface area contributed by atoms with Gasteiger partial charge in [-0.3, -0.25) is 14.4 Å². The summed E-state index contributed by atoms with van der Waals surface area (Å²) in [5.74, 6) is -0.959. The number of aryl methyl sites for hydroxylation is 1. The maximum Gasteiger partial charge on any atom is 0.243 e. The Morgan fingerprint density at radius 2 is 1.85 bits per heavy atom. The zero-order chi connectivity index (χ0) is 15.1. The van der Waals surface area contributed by atoms with E-state index in [-0.39, 0.29) is 24.9 Å². The van der Waals surface area contributed by atoms with E-state index in [0.717, 1.165) is 5.56 Å². The molecule has 108 valence electrons. The van der Waals surface area contributed by atoms with Crippen LogP contribution in [0.5, 0.6) is 0 Å². The summed E-state index contributed by atoms with van der Waals surface area (Å²) in [6.45, 7) is 2.94. The predicted octanol–water partition coefficient (Wildman–Crippen LogP) is -0.0332. The fraction of sp³-hybridized carbons (Fsp3) is 0.308. The number of nitrogens with one attached hydrogen (secondary N) is 3. The van der Waals surface area contributed by atoms with Crippen molar-refractivity contribution in [3.63, 3.8) is 0 Å². The van der Waals surface area contributed by atoms with Gasteiger partial charge < -0.3 is 21.7 Å². The van der Waals surface area contributed by atoms with Crippen LogP contribution in [0.3, 0.4) is 0 Å². The van der Waals surface area contributed by atoms with Gasteiger partial charge in [-0.1, -0.05) is 6.07 Å². The molecule has 0 aliphatic heterocycles. The summed E-state index contributed by atoms with van der Waals surface area (Å²) in [4.78, 5) is 33.6. The molecule has 7 heteroatoms. The average Bonchev–Trinajstić information content (AvgIpc) is 2.39. The molecule has 1 aromatic carbocycles. The van der Waals surface area contributed by atoms with E-state index >= 15 is 0 Å². The predicted molar refractivity (Wildman–Crippen MR) is 76.2 cm³/mol. The second-order valence-corrected chi connectivity index (χ2v) is 4.24. The first-order chi connectivity index (χ1) is 9.42. The van der Waals surface area contributed by atoms with E-state index in [1.807, 2.05) is 6.92 Å². The van der Waals surface area contributed by atoms with Crippen molar-refractivity contribution in [3.05, 3.63) is 23.8 Å². The van der Waals surface area contributed by atoms with Crippen molar-refractivity contribution in [1.82, 2.24) is 5.32 Å². The second-order valence-electron chi connectivity index (χ2n) is 4.24. The summed E-state index contributed by atoms with van der Waals surface area (Å²) in [5, 5.41) is 7.65. The Morgan fingerprint density at radius 3 is 2.45 bits per heavy atom. The third-order valence-corrected chi connectivity index (χ3v) is 2.46. The maximum atomic E-state index is 11.6. The molecule has 0 atom stereocenters. The van der Waals surface area contributed by atoms with E-state index in [4.69, 9.17) is 5.73 Å². The summed E-state index contributed by atoms with van der Waals surface area (Å²) in [6, 6.07) is 5.14. The van der Waals surface area contributed by atoms with Crippen LogP contribution in [0.15, 0.2) is 18.2 Å². The fourth-order valence-electron chi connectivity index (χ4n) is 1.48. The topological polar surface area (TPSA) is 113 Å². The molecular weight excluding hydrogens is 260 g/mol. The monoisotopic (exact) mass is 278 g/mol. The van der Waals surface area contributed by atoms with Gasteiger partial charge in [0.05, 0.1) is 13.1 Å². The summed E-state index contributed by atoms with van der Waals surface area (Å²) < 4.78 is 0. The van der Waals surface area contributed by atoms with E-state index in [1.165, 1.54) is 6.92 Å². The average molecular weight is 278 g/mol. The first-order valence-electron chi connectivity index (χ1n) is 6.07. The van der Waals surface area contributed by atoms with Gasteiger partial charge in [-0.25, -0.2) is 0 Å². The Kier molecular flexibility index (Phi) is 5.67. The molecule has 7 nitrogen and oxygen atoms in total. The highest BCUT2D eigenvalue weighted by molar-refractivity contribution is 5.96. The molecule has 20 heavy (non-hydrogen) atoms. The molecule has 0 aliphatic carbocycles. The van der Waals surface area contributed by atoms with Gasteiger partial charge in [0.25, 0.3) is 0 Å². The summed E-state index contributed by atoms with van der Waals surface area (Å²) in [7, 11) is 0. The molecule has 0 bridgehead atoms. The van der Waals surface area contributed by atoms with E-state index in [9.17, 15) is 14.4 Å². The molecule has 0 spiro atoms. The van der Waals surface area contributed by atoms with E-state index < -0.39 is 5.91 Å². The molecule has 1 rings (SSSR count). The molecule has 1 aromatic rings. The Bertz CT molecular complexity index is 528. The van der Waals surface area contributed by atoms with Gasteiger partial charge in [-0.15, -0.1) is 0 Å². The fourth-order valence-corrected chi connectivity index (χ4v) is 1.48. The van der Waals surface area contributed by atoms with E-state index in [2.05, 4.69) is 16.0 Å². The molecule has 0 aliphatic rings. The first kappa shape index (κ1) is 15.6. The highest BCUT2D eigenvalue weighted by Gasteiger charge is 2.07. The Labute approximate surface area is 116 Å². The van der Waals surface area contributed by atoms with Crippen molar-refractivity contribution in [2.45, 2.75) is 13.8 Å². The number of amides is 3. The van der Waals surface area contributed by atoms with Crippen molar-refractivity contribution in [2.75, 3.05) is 23.7 Å². The summed E-state index contributed by atoms with van der Waals surface area (Å²) in [5.41, 5.74) is 7.15. The lowest BCUT2D eigenvalue weighted by Crippen LogP contribution is -2.36. The summed E-state index contributed by atoms with van der Waals surface area (Å²) in [6.07, 6.45) is 0. The van der Waals surface area contributed by atoms with Crippen LogP contribution in [0, 0.1) is 6.92 Å². The van der Waals surface area contributed by atoms with Crippen LogP contribution in [0.1, 0.15) is 12.5 Å². The van der Waals surface area contributed by atoms with Gasteiger partial charge in [0.2, 0.25) is 17.7 Å². The van der Waals surface area contributed by atoms with Gasteiger partial charge >= 0.3 is 0 Å². The number of hydrogen-bond donors (Lipinski definition) is 4. The molecule has 3 amide bonds. The van der Waals surface area contributed by atoms with Crippen LogP contribution in [0.2, 0.25) is 0 Å². The first-order valence-corrected chi connectivity index (χ1v) is 6.07. The summed E-state index contributed by atoms with van der Waals surface area (Å²) >= 11 is 0. The zero-order valence-electron chi connectivity index (χ0n) is 11.4. The smallest absolute Gasteiger partial charge is 0.243 e. The third kappa shape index (κ3) is 5.07. The largest absolute Gasteiger partial charge is 0.346 e. The quantitative estimate of drug-likeness (QED) is 0.605. The van der Waals surface area contributed by atoms with Crippen LogP contribution in [-0.4, -0.2) is 30.8 Å². The number of anilines is 2. The van der Waals surface area contributed by atoms with E-state index in [0.29, 0.717) is 11.4 Å². The number of benzene rings is 1. The zero-order valence-corrected chi connectivity index (χ0v) is 11.4. The maximum absolute atomic E-state index is 11.6. The van der Waals surface area contributed by atoms with Crippen molar-refractivity contribution >= 4 is 29.1 Å². The molecule has 0 fully saturated rings. The number of nitrogens with two attached hydrogens (primary N) is 1. The van der Waals surface area contributed by atoms with Gasteiger partial charge in [0, 0.05) is 18.3 Å². The van der Waals surface area contributed by atoms with Crippen molar-refractivity contribution in [2.24, 2.45) is 5.73 Å². The van der Waals surface area contributed by atoms with Crippen LogP contribution in [-0.2, 0) is 14.4 Å². The molecule has 0 aromatic heterocycles. The molecular formula is C13H18N4O3. The second kappa shape index (κ2) is 7.25. The van der Waals surface area contributed by atoms with Crippen molar-refractivity contribution in [3.8, 4) is 0 Å². The minimum atomic E-state index is -0.400. The lowest BCUT2D eigenvalue weighted by Gasteiger charge is -2.10. The number of carbonyl (C=O) groups excluding carboxylic acids is 3. The molecule has 0 saturated carbocycles. The standard InChI is InChI=1S/C13H18N4O3/c1-8-3-4-10(5-11(8)16-9(2)18)17-13(20)7-15-12(19)6-14/h3-5H,6-7,14H2,1-2H3,(H,15,19)(H,16,18)(H,17,20). The van der Waals surface area contributed by atoms with Crippen LogP contribution >= 0.6 is 0 Å². The normalized spacial score (nSPS) is 9.75. The van der Waals surface area contributed by atoms with Crippen LogP contribution in [0.4, 0.5) is 11.4 Å². The van der Waals surface area contributed by atoms with Gasteiger partial charge in [0.15, 0.2) is 0 Å². The molecule has 0 saturated heterocycles. The minimum absolute atomic E-state index is 0.153. The minimum Gasteiger partial charge on any atom is -0.346 e. The lowest BCUT2D eigenvalue weighted by atomic mass is 10.1. The number of hydrogen-bond acceptors (Lipinski definition) is 4. The lowest BCUT2D eigenvalue weighted by molar-refractivity contribution is -0.123. The highest BCUT2D eigenvalue weighted by Crippen LogP contribution is 2.20. The van der Waals surface area contributed by atoms with Gasteiger partial charge in [-0.05, 0) is 24.6 Å². The third-order valence-electron chi connectivity index (χ3n) is 2.46. The Hall–Kier alpha value is -2.41. The van der Waals surface area contributed by atoms with Gasteiger partial charge in [-0.2, -0.15) is 0 Å². The number of rotatable bonds is 5. The van der Waals surface area contributed by atoms with Crippen molar-refractivity contribution in [1.29, 1.82) is 0 Å². The molecule has 0 radical (unpaired) electrons. The number of carbonyl (C=O) groups is 3. The molecule has 0 heterocycles. The van der Waals surface area contributed by atoms with E-state index in [1.54, 1.807) is 18.2 Å². The molecule has 5 N–H and O–H groups in total. The van der Waals surface area contributed by atoms with Crippen molar-refractivity contribution < 1.29 is 14.4 Å². The van der Waals surface area contributed by atoms with Gasteiger partial charge in [0.1, 0.15) is 0 Å².